The molecule has 100 valence electrons. The van der Waals surface area contributed by atoms with E-state index in [4.69, 9.17) is 5.73 Å². The van der Waals surface area contributed by atoms with Crippen LogP contribution in [0.4, 0.5) is 11.5 Å². The van der Waals surface area contributed by atoms with Gasteiger partial charge in [-0.1, -0.05) is 12.1 Å². The Hall–Kier alpha value is -2.10. The highest BCUT2D eigenvalue weighted by molar-refractivity contribution is 5.43. The van der Waals surface area contributed by atoms with E-state index in [9.17, 15) is 0 Å². The first kappa shape index (κ1) is 13.3. The number of nitrogens with zero attached hydrogens (tertiary/aromatic N) is 3. The third-order valence-electron chi connectivity index (χ3n) is 3.03. The molecule has 0 fully saturated rings. The van der Waals surface area contributed by atoms with Crippen LogP contribution < -0.4 is 10.6 Å². The molecule has 1 aromatic carbocycles. The molecule has 4 heteroatoms. The molecule has 0 aliphatic carbocycles. The van der Waals surface area contributed by atoms with Crippen molar-refractivity contribution in [2.45, 2.75) is 33.4 Å². The molecule has 0 atom stereocenters. The van der Waals surface area contributed by atoms with Crippen LogP contribution in [0.5, 0.6) is 0 Å². The fourth-order valence-electron chi connectivity index (χ4n) is 1.89. The molecule has 0 unspecified atom stereocenters. The first-order chi connectivity index (χ1) is 9.06. The van der Waals surface area contributed by atoms with Crippen molar-refractivity contribution < 1.29 is 0 Å². The minimum Gasteiger partial charge on any atom is -0.399 e. The predicted octanol–water partition coefficient (Wildman–Crippen LogP) is 2.78. The Labute approximate surface area is 114 Å². The molecule has 0 saturated heterocycles. The SMILES string of the molecule is Cc1ccc(N(Cc2ccc(N)cc2)C(C)C)nn1. The van der Waals surface area contributed by atoms with Crippen molar-refractivity contribution >= 4 is 11.5 Å². The molecule has 2 N–H and O–H groups in total. The zero-order chi connectivity index (χ0) is 13.8. The van der Waals surface area contributed by atoms with E-state index in [1.54, 1.807) is 0 Å². The summed E-state index contributed by atoms with van der Waals surface area (Å²) in [7, 11) is 0. The van der Waals surface area contributed by atoms with Crippen LogP contribution in [-0.2, 0) is 6.54 Å². The summed E-state index contributed by atoms with van der Waals surface area (Å²) in [6.45, 7) is 7.05. The first-order valence-electron chi connectivity index (χ1n) is 6.47. The number of aromatic nitrogens is 2. The van der Waals surface area contributed by atoms with Crippen LogP contribution in [-0.4, -0.2) is 16.2 Å². The minimum absolute atomic E-state index is 0.356. The van der Waals surface area contributed by atoms with E-state index in [-0.39, 0.29) is 0 Å². The van der Waals surface area contributed by atoms with E-state index in [0.717, 1.165) is 23.7 Å². The maximum Gasteiger partial charge on any atom is 0.151 e. The lowest BCUT2D eigenvalue weighted by Crippen LogP contribution is -2.31. The number of benzene rings is 1. The Morgan fingerprint density at radius 3 is 2.26 bits per heavy atom. The second kappa shape index (κ2) is 5.69. The van der Waals surface area contributed by atoms with Gasteiger partial charge in [-0.25, -0.2) is 0 Å². The van der Waals surface area contributed by atoms with Crippen molar-refractivity contribution in [2.75, 3.05) is 10.6 Å². The van der Waals surface area contributed by atoms with E-state index in [1.165, 1.54) is 5.56 Å². The molecule has 0 spiro atoms. The highest BCUT2D eigenvalue weighted by Crippen LogP contribution is 2.17. The lowest BCUT2D eigenvalue weighted by Gasteiger charge is -2.27. The molecule has 0 radical (unpaired) electrons. The summed E-state index contributed by atoms with van der Waals surface area (Å²) in [6.07, 6.45) is 0. The second-order valence-corrected chi connectivity index (χ2v) is 5.00. The van der Waals surface area contributed by atoms with Gasteiger partial charge in [0.25, 0.3) is 0 Å². The first-order valence-corrected chi connectivity index (χ1v) is 6.47. The van der Waals surface area contributed by atoms with Crippen LogP contribution in [0.2, 0.25) is 0 Å². The van der Waals surface area contributed by atoms with Gasteiger partial charge in [-0.2, -0.15) is 5.10 Å². The van der Waals surface area contributed by atoms with Crippen LogP contribution in [0, 0.1) is 6.92 Å². The second-order valence-electron chi connectivity index (χ2n) is 5.00. The fraction of sp³-hybridized carbons (Fsp3) is 0.333. The topological polar surface area (TPSA) is 55.0 Å². The molecule has 2 aromatic rings. The molecule has 1 heterocycles. The summed E-state index contributed by atoms with van der Waals surface area (Å²) in [6, 6.07) is 12.3. The Morgan fingerprint density at radius 1 is 1.05 bits per heavy atom. The van der Waals surface area contributed by atoms with Gasteiger partial charge in [-0.3, -0.25) is 0 Å². The lowest BCUT2D eigenvalue weighted by molar-refractivity contribution is 0.665. The number of hydrogen-bond donors (Lipinski definition) is 1. The van der Waals surface area contributed by atoms with Crippen LogP contribution in [0.3, 0.4) is 0 Å². The smallest absolute Gasteiger partial charge is 0.151 e. The van der Waals surface area contributed by atoms with Gasteiger partial charge in [0, 0.05) is 18.3 Å². The Kier molecular flexibility index (Phi) is 4.00. The molecule has 4 nitrogen and oxygen atoms in total. The van der Waals surface area contributed by atoms with Gasteiger partial charge in [-0.15, -0.1) is 5.10 Å². The van der Waals surface area contributed by atoms with E-state index < -0.39 is 0 Å². The molecule has 2 rings (SSSR count). The highest BCUT2D eigenvalue weighted by Gasteiger charge is 2.12. The number of aryl methyl sites for hydroxylation is 1. The largest absolute Gasteiger partial charge is 0.399 e. The maximum atomic E-state index is 5.71. The number of anilines is 2. The van der Waals surface area contributed by atoms with Gasteiger partial charge >= 0.3 is 0 Å². The van der Waals surface area contributed by atoms with Gasteiger partial charge in [0.15, 0.2) is 5.82 Å². The number of hydrogen-bond acceptors (Lipinski definition) is 4. The maximum absolute atomic E-state index is 5.71. The summed E-state index contributed by atoms with van der Waals surface area (Å²) < 4.78 is 0. The third kappa shape index (κ3) is 3.44. The van der Waals surface area contributed by atoms with Crippen LogP contribution in [0.15, 0.2) is 36.4 Å². The van der Waals surface area contributed by atoms with Crippen molar-refractivity contribution in [1.82, 2.24) is 10.2 Å². The van der Waals surface area contributed by atoms with Gasteiger partial charge in [0.05, 0.1) is 5.69 Å². The molecular formula is C15H20N4. The molecule has 0 aliphatic heterocycles. The monoisotopic (exact) mass is 256 g/mol. The summed E-state index contributed by atoms with van der Waals surface area (Å²) >= 11 is 0. The Balaban J connectivity index is 2.21. The quantitative estimate of drug-likeness (QED) is 0.855. The number of nitrogens with two attached hydrogens (primary N) is 1. The average Bonchev–Trinajstić information content (AvgIpc) is 2.39. The minimum atomic E-state index is 0.356. The summed E-state index contributed by atoms with van der Waals surface area (Å²) in [4.78, 5) is 2.22. The van der Waals surface area contributed by atoms with E-state index in [1.807, 2.05) is 43.3 Å². The predicted molar refractivity (Wildman–Crippen MR) is 78.9 cm³/mol. The number of nitrogen functional groups attached to an aromatic ring is 1. The Morgan fingerprint density at radius 2 is 1.74 bits per heavy atom. The van der Waals surface area contributed by atoms with Crippen molar-refractivity contribution in [3.05, 3.63) is 47.7 Å². The van der Waals surface area contributed by atoms with Crippen LogP contribution in [0.25, 0.3) is 0 Å². The average molecular weight is 256 g/mol. The van der Waals surface area contributed by atoms with E-state index >= 15 is 0 Å². The standard InChI is InChI=1S/C15H20N4/c1-11(2)19(15-9-4-12(3)17-18-15)10-13-5-7-14(16)8-6-13/h4-9,11H,10,16H2,1-3H3. The van der Waals surface area contributed by atoms with Crippen molar-refractivity contribution in [3.63, 3.8) is 0 Å². The molecule has 19 heavy (non-hydrogen) atoms. The fourth-order valence-corrected chi connectivity index (χ4v) is 1.89. The molecule has 0 saturated carbocycles. The molecule has 0 amide bonds. The van der Waals surface area contributed by atoms with Crippen LogP contribution in [0.1, 0.15) is 25.1 Å². The Bertz CT molecular complexity index is 517. The van der Waals surface area contributed by atoms with Gasteiger partial charge < -0.3 is 10.6 Å². The van der Waals surface area contributed by atoms with Crippen molar-refractivity contribution in [1.29, 1.82) is 0 Å². The molecule has 0 bridgehead atoms. The normalized spacial score (nSPS) is 10.7. The van der Waals surface area contributed by atoms with E-state index in [2.05, 4.69) is 28.9 Å². The van der Waals surface area contributed by atoms with E-state index in [0.29, 0.717) is 6.04 Å². The van der Waals surface area contributed by atoms with Crippen molar-refractivity contribution in [2.24, 2.45) is 0 Å². The van der Waals surface area contributed by atoms with Gasteiger partial charge in [0.1, 0.15) is 0 Å². The van der Waals surface area contributed by atoms with Gasteiger partial charge in [0.2, 0.25) is 0 Å². The summed E-state index contributed by atoms with van der Waals surface area (Å²) in [5, 5.41) is 8.39. The summed E-state index contributed by atoms with van der Waals surface area (Å²) in [5.74, 6) is 0.900. The number of rotatable bonds is 4. The molecule has 0 aliphatic rings. The highest BCUT2D eigenvalue weighted by atomic mass is 15.3. The van der Waals surface area contributed by atoms with Crippen molar-refractivity contribution in [3.8, 4) is 0 Å². The van der Waals surface area contributed by atoms with Crippen LogP contribution >= 0.6 is 0 Å². The van der Waals surface area contributed by atoms with Gasteiger partial charge in [-0.05, 0) is 50.6 Å². The zero-order valence-corrected chi connectivity index (χ0v) is 11.7. The lowest BCUT2D eigenvalue weighted by atomic mass is 10.1. The zero-order valence-electron chi connectivity index (χ0n) is 11.7. The summed E-state index contributed by atoms with van der Waals surface area (Å²) in [5.41, 5.74) is 8.64. The molecular weight excluding hydrogens is 236 g/mol. The third-order valence-corrected chi connectivity index (χ3v) is 3.03. The molecule has 1 aromatic heterocycles.